The summed E-state index contributed by atoms with van der Waals surface area (Å²) >= 11 is 0. The van der Waals surface area contributed by atoms with Gasteiger partial charge in [-0.2, -0.15) is 13.2 Å². The van der Waals surface area contributed by atoms with E-state index in [1.54, 1.807) is 19.0 Å². The summed E-state index contributed by atoms with van der Waals surface area (Å²) in [5.41, 5.74) is -0.497. The Morgan fingerprint density at radius 3 is 2.22 bits per heavy atom. The van der Waals surface area contributed by atoms with Gasteiger partial charge in [-0.1, -0.05) is 12.1 Å². The second-order valence-corrected chi connectivity index (χ2v) is 7.85. The zero-order chi connectivity index (χ0) is 27.4. The van der Waals surface area contributed by atoms with Crippen molar-refractivity contribution < 1.29 is 42.2 Å². The van der Waals surface area contributed by atoms with Gasteiger partial charge in [0, 0.05) is 27.2 Å². The zero-order valence-electron chi connectivity index (χ0n) is 19.3. The number of likely N-dealkylation sites (N-methyl/N-ethyl adjacent to an activating group) is 2. The summed E-state index contributed by atoms with van der Waals surface area (Å²) < 4.78 is 45.9. The van der Waals surface area contributed by atoms with E-state index in [9.17, 15) is 37.1 Å². The van der Waals surface area contributed by atoms with Crippen molar-refractivity contribution in [3.8, 4) is 5.75 Å². The summed E-state index contributed by atoms with van der Waals surface area (Å²) in [6.07, 6.45) is -5.08. The number of carbonyl (C=O) groups excluding carboxylic acids is 2. The van der Waals surface area contributed by atoms with Crippen LogP contribution in [0.3, 0.4) is 0 Å². The number of carbonyl (C=O) groups is 3. The average molecular weight is 517 g/mol. The molecule has 1 atom stereocenters. The largest absolute Gasteiger partial charge is 0.501 e. The first-order chi connectivity index (χ1) is 16.6. The Morgan fingerprint density at radius 2 is 1.69 bits per heavy atom. The van der Waals surface area contributed by atoms with Gasteiger partial charge in [-0.3, -0.25) is 23.9 Å². The third-order valence-electron chi connectivity index (χ3n) is 5.21. The van der Waals surface area contributed by atoms with Crippen LogP contribution in [-0.2, 0) is 23.2 Å². The molecule has 11 nitrogen and oxygen atoms in total. The van der Waals surface area contributed by atoms with E-state index in [1.807, 2.05) is 0 Å². The van der Waals surface area contributed by atoms with Crippen LogP contribution in [0.2, 0.25) is 0 Å². The number of nitrogens with zero attached hydrogens (tertiary/aromatic N) is 4. The van der Waals surface area contributed by atoms with Crippen molar-refractivity contribution in [1.29, 1.82) is 0 Å². The minimum absolute atomic E-state index is 0.0650. The maximum atomic E-state index is 13.0. The van der Waals surface area contributed by atoms with E-state index < -0.39 is 46.9 Å². The number of alkyl halides is 3. The van der Waals surface area contributed by atoms with Gasteiger partial charge in [0.25, 0.3) is 11.5 Å². The molecule has 2 aromatic rings. The first kappa shape index (κ1) is 28.2. The van der Waals surface area contributed by atoms with Crippen molar-refractivity contribution in [2.24, 2.45) is 7.05 Å². The van der Waals surface area contributed by atoms with E-state index >= 15 is 0 Å². The molecule has 1 fully saturated rings. The molecule has 1 aliphatic heterocycles. The van der Waals surface area contributed by atoms with Crippen molar-refractivity contribution in [2.45, 2.75) is 18.8 Å². The molecule has 1 aliphatic rings. The number of rotatable bonds is 4. The van der Waals surface area contributed by atoms with Crippen LogP contribution in [0.25, 0.3) is 0 Å². The number of amides is 2. The Kier molecular flexibility index (Phi) is 8.75. The first-order valence-electron chi connectivity index (χ1n) is 10.2. The normalized spacial score (nSPS) is 16.2. The Hall–Kier alpha value is -4.01. The van der Waals surface area contributed by atoms with E-state index in [4.69, 9.17) is 9.90 Å². The molecule has 0 aliphatic carbocycles. The molecule has 1 aromatic carbocycles. The highest BCUT2D eigenvalue weighted by Gasteiger charge is 2.38. The summed E-state index contributed by atoms with van der Waals surface area (Å²) in [5.74, 6) is -4.43. The fraction of sp³-hybridized carbons (Fsp3) is 0.381. The number of aromatic hydroxyl groups is 1. The van der Waals surface area contributed by atoms with E-state index in [1.165, 1.54) is 40.8 Å². The lowest BCUT2D eigenvalue weighted by Gasteiger charge is -2.37. The van der Waals surface area contributed by atoms with Gasteiger partial charge < -0.3 is 20.4 Å². The van der Waals surface area contributed by atoms with Gasteiger partial charge in [0.1, 0.15) is 11.6 Å². The van der Waals surface area contributed by atoms with Crippen LogP contribution in [-0.4, -0.2) is 80.7 Å². The Bertz CT molecular complexity index is 1200. The third-order valence-corrected chi connectivity index (χ3v) is 5.21. The molecule has 1 aromatic heterocycles. The SMILES string of the molecule is CN1CC(c2nc(C(=O)NCc3ccc(F)cc3)c(O)c(=O)n2C)N(C)CC1=O.O=C(O)C(F)(F)F. The summed E-state index contributed by atoms with van der Waals surface area (Å²) in [6.45, 7) is 0.506. The number of piperazine rings is 1. The molecule has 15 heteroatoms. The monoisotopic (exact) mass is 517 g/mol. The number of carboxylic acid groups (broad SMARTS) is 1. The second-order valence-electron chi connectivity index (χ2n) is 7.85. The molecule has 3 N–H and O–H groups in total. The van der Waals surface area contributed by atoms with Crippen LogP contribution in [0.15, 0.2) is 29.1 Å². The topological polar surface area (TPSA) is 145 Å². The maximum absolute atomic E-state index is 13.0. The molecule has 0 radical (unpaired) electrons. The number of benzene rings is 1. The molecule has 0 spiro atoms. The standard InChI is InChI=1S/C19H22FN5O4.C2HF3O2/c1-23-10-14(26)24(2)9-13(23)17-22-15(16(27)19(29)25(17)3)18(28)21-8-11-4-6-12(20)7-5-11;3-2(4,5)1(6)7/h4-7,13,27H,8-10H2,1-3H3,(H,21,28);(H,6,7). The van der Waals surface area contributed by atoms with E-state index in [-0.39, 0.29) is 31.4 Å². The molecule has 1 saturated heterocycles. The number of hydrogen-bond acceptors (Lipinski definition) is 7. The molecule has 3 rings (SSSR count). The van der Waals surface area contributed by atoms with E-state index in [0.717, 1.165) is 0 Å². The maximum Gasteiger partial charge on any atom is 0.490 e. The highest BCUT2D eigenvalue weighted by Crippen LogP contribution is 2.23. The van der Waals surface area contributed by atoms with Crippen LogP contribution in [0.1, 0.15) is 27.9 Å². The Balaban J connectivity index is 0.000000572. The van der Waals surface area contributed by atoms with Crippen LogP contribution in [0.4, 0.5) is 17.6 Å². The molecule has 0 bridgehead atoms. The predicted octanol–water partition coefficient (Wildman–Crippen LogP) is 0.633. The van der Waals surface area contributed by atoms with Crippen LogP contribution in [0, 0.1) is 5.82 Å². The molecule has 196 valence electrons. The van der Waals surface area contributed by atoms with Crippen LogP contribution < -0.4 is 10.9 Å². The van der Waals surface area contributed by atoms with Crippen LogP contribution in [0.5, 0.6) is 5.75 Å². The van der Waals surface area contributed by atoms with E-state index in [0.29, 0.717) is 5.56 Å². The average Bonchev–Trinajstić information content (AvgIpc) is 2.79. The first-order valence-corrected chi connectivity index (χ1v) is 10.2. The van der Waals surface area contributed by atoms with Gasteiger partial charge in [0.05, 0.1) is 12.6 Å². The number of nitrogens with one attached hydrogen (secondary N) is 1. The number of carboxylic acids is 1. The predicted molar refractivity (Wildman–Crippen MR) is 115 cm³/mol. The quantitative estimate of drug-likeness (QED) is 0.501. The molecule has 36 heavy (non-hydrogen) atoms. The van der Waals surface area contributed by atoms with Gasteiger partial charge in [0.15, 0.2) is 5.69 Å². The fourth-order valence-electron chi connectivity index (χ4n) is 3.15. The van der Waals surface area contributed by atoms with Crippen molar-refractivity contribution in [3.63, 3.8) is 0 Å². The highest BCUT2D eigenvalue weighted by atomic mass is 19.4. The van der Waals surface area contributed by atoms with Gasteiger partial charge in [-0.25, -0.2) is 14.2 Å². The molecular weight excluding hydrogens is 494 g/mol. The Labute approximate surface area is 201 Å². The lowest BCUT2D eigenvalue weighted by atomic mass is 10.1. The molecular formula is C21H23F4N5O6. The van der Waals surface area contributed by atoms with Crippen molar-refractivity contribution in [3.05, 3.63) is 57.5 Å². The number of halogens is 4. The van der Waals surface area contributed by atoms with Crippen molar-refractivity contribution in [2.75, 3.05) is 27.2 Å². The lowest BCUT2D eigenvalue weighted by molar-refractivity contribution is -0.192. The number of aromatic nitrogens is 2. The van der Waals surface area contributed by atoms with Gasteiger partial charge in [-0.05, 0) is 24.7 Å². The fourth-order valence-corrected chi connectivity index (χ4v) is 3.15. The summed E-state index contributed by atoms with van der Waals surface area (Å²) in [5, 5.41) is 19.9. The van der Waals surface area contributed by atoms with Crippen LogP contribution >= 0.6 is 0 Å². The minimum Gasteiger partial charge on any atom is -0.501 e. The van der Waals surface area contributed by atoms with Crippen molar-refractivity contribution >= 4 is 17.8 Å². The smallest absolute Gasteiger partial charge is 0.490 e. The minimum atomic E-state index is -5.08. The molecule has 2 amide bonds. The molecule has 0 saturated carbocycles. The summed E-state index contributed by atoms with van der Waals surface area (Å²) in [6, 6.07) is 5.15. The second kappa shape index (κ2) is 11.2. The number of aliphatic carboxylic acids is 1. The molecule has 1 unspecified atom stereocenters. The van der Waals surface area contributed by atoms with E-state index in [2.05, 4.69) is 10.3 Å². The Morgan fingerprint density at radius 1 is 1.14 bits per heavy atom. The van der Waals surface area contributed by atoms with Crippen molar-refractivity contribution in [1.82, 2.24) is 24.7 Å². The summed E-state index contributed by atoms with van der Waals surface area (Å²) in [7, 11) is 4.83. The summed E-state index contributed by atoms with van der Waals surface area (Å²) in [4.78, 5) is 53.3. The van der Waals surface area contributed by atoms with Gasteiger partial charge >= 0.3 is 12.1 Å². The zero-order valence-corrected chi connectivity index (χ0v) is 19.3. The third kappa shape index (κ3) is 6.78. The lowest BCUT2D eigenvalue weighted by Crippen LogP contribution is -2.50. The number of hydrogen-bond donors (Lipinski definition) is 3. The highest BCUT2D eigenvalue weighted by molar-refractivity contribution is 5.94. The van der Waals surface area contributed by atoms with Gasteiger partial charge in [0.2, 0.25) is 11.7 Å². The van der Waals surface area contributed by atoms with Gasteiger partial charge in [-0.15, -0.1) is 0 Å². The molecule has 2 heterocycles.